The number of anilines is 1. The first kappa shape index (κ1) is 17.5. The number of rotatable bonds is 4. The molecule has 2 aliphatic rings. The summed E-state index contributed by atoms with van der Waals surface area (Å²) in [5.41, 5.74) is 1.65. The molecule has 1 N–H and O–H groups in total. The molecule has 134 valence electrons. The average molecular weight is 350 g/mol. The topological polar surface area (TPSA) is 43.8 Å². The van der Waals surface area contributed by atoms with E-state index in [0.29, 0.717) is 5.41 Å². The first-order valence-corrected chi connectivity index (χ1v) is 9.91. The zero-order valence-corrected chi connectivity index (χ0v) is 16.5. The quantitative estimate of drug-likeness (QED) is 0.670. The first-order chi connectivity index (χ1) is 11.3. The molecule has 0 saturated carbocycles. The summed E-state index contributed by atoms with van der Waals surface area (Å²) < 4.78 is 0. The van der Waals surface area contributed by atoms with Crippen LogP contribution >= 0.6 is 11.3 Å². The third-order valence-electron chi connectivity index (χ3n) is 5.93. The van der Waals surface area contributed by atoms with Crippen LogP contribution in [0.15, 0.2) is 10.4 Å². The number of guanidine groups is 1. The van der Waals surface area contributed by atoms with Crippen molar-refractivity contribution in [1.82, 2.24) is 15.2 Å². The molecular formula is C18H31N5S. The van der Waals surface area contributed by atoms with Gasteiger partial charge in [-0.15, -0.1) is 11.3 Å². The number of thiazole rings is 1. The molecule has 0 spiro atoms. The maximum Gasteiger partial charge on any atom is 0.194 e. The lowest BCUT2D eigenvalue weighted by atomic mass is 9.65. The van der Waals surface area contributed by atoms with E-state index in [9.17, 15) is 0 Å². The monoisotopic (exact) mass is 349 g/mol. The molecule has 0 aromatic carbocycles. The lowest BCUT2D eigenvalue weighted by molar-refractivity contribution is -0.0666. The van der Waals surface area contributed by atoms with Crippen LogP contribution in [0.4, 0.5) is 5.13 Å². The highest BCUT2D eigenvalue weighted by Crippen LogP contribution is 2.46. The number of nitrogens with zero attached hydrogens (tertiary/aromatic N) is 4. The SMILES string of the molecule is CN=C(NCCc1csc(N2CCCC2)n1)N1CC(C)(C)C1(C)C. The Balaban J connectivity index is 1.51. The van der Waals surface area contributed by atoms with Crippen LogP contribution in [0.25, 0.3) is 0 Å². The van der Waals surface area contributed by atoms with E-state index < -0.39 is 0 Å². The van der Waals surface area contributed by atoms with Gasteiger partial charge in [-0.25, -0.2) is 4.98 Å². The summed E-state index contributed by atoms with van der Waals surface area (Å²) in [5, 5.41) is 6.91. The van der Waals surface area contributed by atoms with Crippen LogP contribution in [-0.4, -0.2) is 54.6 Å². The summed E-state index contributed by atoms with van der Waals surface area (Å²) in [4.78, 5) is 14.1. The number of aliphatic imine (C=N–C) groups is 1. The molecule has 5 nitrogen and oxygen atoms in total. The fraction of sp³-hybridized carbons (Fsp3) is 0.778. The number of likely N-dealkylation sites (tertiary alicyclic amines) is 1. The van der Waals surface area contributed by atoms with Crippen LogP contribution in [0.1, 0.15) is 46.2 Å². The van der Waals surface area contributed by atoms with Crippen molar-refractivity contribution in [3.63, 3.8) is 0 Å². The Bertz CT molecular complexity index is 598. The van der Waals surface area contributed by atoms with E-state index in [1.165, 1.54) is 23.7 Å². The Morgan fingerprint density at radius 1 is 1.29 bits per heavy atom. The largest absolute Gasteiger partial charge is 0.356 e. The molecule has 24 heavy (non-hydrogen) atoms. The van der Waals surface area contributed by atoms with Crippen molar-refractivity contribution in [3.8, 4) is 0 Å². The molecule has 0 unspecified atom stereocenters. The molecule has 0 atom stereocenters. The van der Waals surface area contributed by atoms with E-state index in [4.69, 9.17) is 4.98 Å². The van der Waals surface area contributed by atoms with Crippen molar-refractivity contribution in [1.29, 1.82) is 0 Å². The van der Waals surface area contributed by atoms with Gasteiger partial charge in [-0.1, -0.05) is 13.8 Å². The van der Waals surface area contributed by atoms with Crippen molar-refractivity contribution in [2.75, 3.05) is 38.1 Å². The van der Waals surface area contributed by atoms with Crippen LogP contribution in [0.5, 0.6) is 0 Å². The standard InChI is InChI=1S/C18H31N5S/c1-17(2)13-23(18(17,3)4)15(19-5)20-9-8-14-12-24-16(21-14)22-10-6-7-11-22/h12H,6-11,13H2,1-5H3,(H,19,20). The molecule has 3 rings (SSSR count). The summed E-state index contributed by atoms with van der Waals surface area (Å²) in [5.74, 6) is 1.01. The lowest BCUT2D eigenvalue weighted by Gasteiger charge is -2.62. The molecule has 3 heterocycles. The fourth-order valence-electron chi connectivity index (χ4n) is 3.46. The summed E-state index contributed by atoms with van der Waals surface area (Å²) in [6.45, 7) is 13.5. The van der Waals surface area contributed by atoms with Crippen molar-refractivity contribution in [2.45, 2.75) is 52.5 Å². The van der Waals surface area contributed by atoms with Crippen LogP contribution in [0, 0.1) is 5.41 Å². The van der Waals surface area contributed by atoms with Crippen molar-refractivity contribution >= 4 is 22.4 Å². The van der Waals surface area contributed by atoms with Gasteiger partial charge in [-0.3, -0.25) is 4.99 Å². The first-order valence-electron chi connectivity index (χ1n) is 9.03. The van der Waals surface area contributed by atoms with Crippen molar-refractivity contribution in [3.05, 3.63) is 11.1 Å². The van der Waals surface area contributed by atoms with Gasteiger partial charge in [0.05, 0.1) is 5.69 Å². The smallest absolute Gasteiger partial charge is 0.194 e. The van der Waals surface area contributed by atoms with Crippen LogP contribution in [0.2, 0.25) is 0 Å². The molecule has 2 fully saturated rings. The molecule has 2 aliphatic heterocycles. The molecule has 2 saturated heterocycles. The second-order valence-electron chi connectivity index (χ2n) is 8.07. The van der Waals surface area contributed by atoms with E-state index in [2.05, 4.69) is 53.2 Å². The molecule has 1 aromatic rings. The summed E-state index contributed by atoms with van der Waals surface area (Å²) in [7, 11) is 1.87. The Morgan fingerprint density at radius 3 is 2.58 bits per heavy atom. The average Bonchev–Trinajstić information content (AvgIpc) is 3.20. The Labute approximate surface area is 150 Å². The third-order valence-corrected chi connectivity index (χ3v) is 6.88. The molecule has 0 bridgehead atoms. The maximum absolute atomic E-state index is 4.80. The molecule has 1 aromatic heterocycles. The minimum absolute atomic E-state index is 0.137. The van der Waals surface area contributed by atoms with Gasteiger partial charge in [0.15, 0.2) is 11.1 Å². The zero-order valence-electron chi connectivity index (χ0n) is 15.7. The van der Waals surface area contributed by atoms with Gasteiger partial charge in [0.25, 0.3) is 0 Å². The summed E-state index contributed by atoms with van der Waals surface area (Å²) >= 11 is 1.78. The van der Waals surface area contributed by atoms with E-state index in [1.807, 2.05) is 7.05 Å². The van der Waals surface area contributed by atoms with E-state index >= 15 is 0 Å². The zero-order chi connectivity index (χ0) is 17.4. The molecule has 6 heteroatoms. The predicted molar refractivity (Wildman–Crippen MR) is 103 cm³/mol. The van der Waals surface area contributed by atoms with Crippen molar-refractivity contribution in [2.24, 2.45) is 10.4 Å². The van der Waals surface area contributed by atoms with Crippen LogP contribution in [-0.2, 0) is 6.42 Å². The molecule has 0 radical (unpaired) electrons. The summed E-state index contributed by atoms with van der Waals surface area (Å²) in [6.07, 6.45) is 3.55. The van der Waals surface area contributed by atoms with Crippen LogP contribution in [0.3, 0.4) is 0 Å². The van der Waals surface area contributed by atoms with Gasteiger partial charge in [0.1, 0.15) is 0 Å². The Kier molecular flexibility index (Phi) is 4.78. The van der Waals surface area contributed by atoms with Gasteiger partial charge in [-0.05, 0) is 26.7 Å². The maximum atomic E-state index is 4.80. The molecular weight excluding hydrogens is 318 g/mol. The van der Waals surface area contributed by atoms with E-state index in [0.717, 1.165) is 38.6 Å². The number of nitrogens with one attached hydrogen (secondary N) is 1. The number of hydrogen-bond acceptors (Lipinski definition) is 4. The number of aromatic nitrogens is 1. The van der Waals surface area contributed by atoms with Crippen LogP contribution < -0.4 is 10.2 Å². The highest BCUT2D eigenvalue weighted by Gasteiger charge is 2.53. The Morgan fingerprint density at radius 2 is 2.00 bits per heavy atom. The minimum Gasteiger partial charge on any atom is -0.356 e. The second-order valence-corrected chi connectivity index (χ2v) is 8.91. The fourth-order valence-corrected chi connectivity index (χ4v) is 4.38. The normalized spacial score (nSPS) is 22.6. The van der Waals surface area contributed by atoms with E-state index in [-0.39, 0.29) is 5.54 Å². The van der Waals surface area contributed by atoms with Gasteiger partial charge < -0.3 is 15.1 Å². The van der Waals surface area contributed by atoms with Gasteiger partial charge in [0.2, 0.25) is 0 Å². The highest BCUT2D eigenvalue weighted by atomic mass is 32.1. The lowest BCUT2D eigenvalue weighted by Crippen LogP contribution is -2.72. The minimum atomic E-state index is 0.137. The van der Waals surface area contributed by atoms with Gasteiger partial charge >= 0.3 is 0 Å². The molecule has 0 amide bonds. The third kappa shape index (κ3) is 3.13. The highest BCUT2D eigenvalue weighted by molar-refractivity contribution is 7.13. The van der Waals surface area contributed by atoms with Crippen molar-refractivity contribution < 1.29 is 0 Å². The summed E-state index contributed by atoms with van der Waals surface area (Å²) in [6, 6.07) is 0. The number of hydrogen-bond donors (Lipinski definition) is 1. The van der Waals surface area contributed by atoms with Gasteiger partial charge in [-0.2, -0.15) is 0 Å². The molecule has 0 aliphatic carbocycles. The predicted octanol–water partition coefficient (Wildman–Crippen LogP) is 2.98. The van der Waals surface area contributed by atoms with Gasteiger partial charge in [0, 0.05) is 56.0 Å². The Hall–Kier alpha value is -1.30. The van der Waals surface area contributed by atoms with E-state index in [1.54, 1.807) is 11.3 Å². The second kappa shape index (κ2) is 6.54.